The number of aliphatic hydroxyl groups is 1. The van der Waals surface area contributed by atoms with Crippen LogP contribution in [-0.2, 0) is 16.2 Å². The lowest BCUT2D eigenvalue weighted by molar-refractivity contribution is -0.192. The Kier molecular flexibility index (Phi) is 9.52. The van der Waals surface area contributed by atoms with Gasteiger partial charge in [0.2, 0.25) is 0 Å². The highest BCUT2D eigenvalue weighted by atomic mass is 19.4. The van der Waals surface area contributed by atoms with Crippen LogP contribution in [0.25, 0.3) is 10.9 Å². The van der Waals surface area contributed by atoms with Gasteiger partial charge in [0.05, 0.1) is 12.1 Å². The van der Waals surface area contributed by atoms with Crippen LogP contribution in [0, 0.1) is 6.92 Å². The van der Waals surface area contributed by atoms with E-state index in [0.29, 0.717) is 17.9 Å². The number of carboxylic acids is 1. The fraction of sp³-hybridized carbons (Fsp3) is 0.250. The molecule has 3 rings (SSSR count). The van der Waals surface area contributed by atoms with E-state index in [4.69, 9.17) is 19.8 Å². The van der Waals surface area contributed by atoms with Gasteiger partial charge in [0, 0.05) is 22.2 Å². The average Bonchev–Trinajstić information content (AvgIpc) is 2.85. The lowest BCUT2D eigenvalue weighted by Gasteiger charge is -2.20. The number of rotatable bonds is 7. The molecule has 2 amide bonds. The molecular weight excluding hydrogens is 499 g/mol. The van der Waals surface area contributed by atoms with E-state index in [-0.39, 0.29) is 6.54 Å². The highest BCUT2D eigenvalue weighted by Crippen LogP contribution is 2.21. The number of fused-ring (bicyclic) bond motifs is 1. The van der Waals surface area contributed by atoms with Crippen molar-refractivity contribution in [3.8, 4) is 5.75 Å². The highest BCUT2D eigenvalue weighted by molar-refractivity contribution is 5.95. The Hall–Kier alpha value is -4.23. The maximum absolute atomic E-state index is 12.2. The number of hydrogen-bond acceptors (Lipinski definition) is 7. The van der Waals surface area contributed by atoms with Crippen LogP contribution in [0.15, 0.2) is 54.6 Å². The standard InChI is InChI=1S/C22H23N3O5.C2HF3O2/c1-14-11-16(18-5-3-4-6-19(18)24-14)12-30-17-9-7-15(8-10-17)20(26)23-13-22(2,28)21(27)25-29;3-2(4,5)1(6)7/h3-11,28-29H,12-13H2,1-2H3,(H,23,26)(H,25,27);(H,6,7)/t22-;/m0./s1. The molecule has 3 aromatic rings. The number of nitrogens with zero attached hydrogens (tertiary/aromatic N) is 1. The highest BCUT2D eigenvalue weighted by Gasteiger charge is 2.38. The van der Waals surface area contributed by atoms with E-state index < -0.39 is 29.6 Å². The number of para-hydroxylation sites is 1. The maximum atomic E-state index is 12.2. The minimum Gasteiger partial charge on any atom is -0.489 e. The van der Waals surface area contributed by atoms with Crippen LogP contribution in [-0.4, -0.2) is 56.5 Å². The summed E-state index contributed by atoms with van der Waals surface area (Å²) in [5, 5.41) is 29.1. The monoisotopic (exact) mass is 523 g/mol. The van der Waals surface area contributed by atoms with Gasteiger partial charge in [-0.05, 0) is 50.2 Å². The number of hydrogen-bond donors (Lipinski definition) is 5. The summed E-state index contributed by atoms with van der Waals surface area (Å²) in [6.07, 6.45) is -5.08. The second-order valence-corrected chi connectivity index (χ2v) is 7.95. The van der Waals surface area contributed by atoms with Crippen LogP contribution in [0.3, 0.4) is 0 Å². The second kappa shape index (κ2) is 12.1. The third-order valence-corrected chi connectivity index (χ3v) is 4.87. The molecule has 0 aliphatic carbocycles. The lowest BCUT2D eigenvalue weighted by Crippen LogP contribution is -2.51. The fourth-order valence-electron chi connectivity index (χ4n) is 2.93. The van der Waals surface area contributed by atoms with E-state index in [1.807, 2.05) is 37.3 Å². The van der Waals surface area contributed by atoms with Crippen molar-refractivity contribution in [3.05, 3.63) is 71.4 Å². The summed E-state index contributed by atoms with van der Waals surface area (Å²) in [5.41, 5.74) is 2.60. The van der Waals surface area contributed by atoms with Gasteiger partial charge in [-0.3, -0.25) is 19.8 Å². The van der Waals surface area contributed by atoms with Gasteiger partial charge in [0.15, 0.2) is 5.60 Å². The Bertz CT molecular complexity index is 1260. The Labute approximate surface area is 208 Å². The Morgan fingerprint density at radius 2 is 1.65 bits per heavy atom. The van der Waals surface area contributed by atoms with Gasteiger partial charge >= 0.3 is 12.1 Å². The van der Waals surface area contributed by atoms with Crippen LogP contribution >= 0.6 is 0 Å². The number of alkyl halides is 3. The number of carbonyl (C=O) groups is 3. The average molecular weight is 523 g/mol. The first-order valence-corrected chi connectivity index (χ1v) is 10.6. The van der Waals surface area contributed by atoms with Crippen molar-refractivity contribution in [1.82, 2.24) is 15.8 Å². The van der Waals surface area contributed by atoms with Crippen molar-refractivity contribution < 1.29 is 47.7 Å². The third-order valence-electron chi connectivity index (χ3n) is 4.87. The third kappa shape index (κ3) is 8.44. The summed E-state index contributed by atoms with van der Waals surface area (Å²) in [7, 11) is 0. The predicted molar refractivity (Wildman–Crippen MR) is 124 cm³/mol. The van der Waals surface area contributed by atoms with Crippen molar-refractivity contribution in [3.63, 3.8) is 0 Å². The molecule has 0 spiro atoms. The van der Waals surface area contributed by atoms with E-state index in [2.05, 4.69) is 10.3 Å². The molecule has 37 heavy (non-hydrogen) atoms. The van der Waals surface area contributed by atoms with Gasteiger partial charge < -0.3 is 20.3 Å². The summed E-state index contributed by atoms with van der Waals surface area (Å²) >= 11 is 0. The molecule has 0 saturated heterocycles. The summed E-state index contributed by atoms with van der Waals surface area (Å²) < 4.78 is 37.6. The quantitative estimate of drug-likeness (QED) is 0.234. The van der Waals surface area contributed by atoms with Gasteiger partial charge in [-0.1, -0.05) is 18.2 Å². The predicted octanol–water partition coefficient (Wildman–Crippen LogP) is 2.74. The Morgan fingerprint density at radius 3 is 2.22 bits per heavy atom. The van der Waals surface area contributed by atoms with Crippen LogP contribution in [0.1, 0.15) is 28.5 Å². The van der Waals surface area contributed by atoms with E-state index in [9.17, 15) is 27.9 Å². The van der Waals surface area contributed by atoms with E-state index in [0.717, 1.165) is 22.2 Å². The van der Waals surface area contributed by atoms with Crippen molar-refractivity contribution >= 4 is 28.7 Å². The summed E-state index contributed by atoms with van der Waals surface area (Å²) in [4.78, 5) is 37.0. The van der Waals surface area contributed by atoms with Crippen molar-refractivity contribution in [1.29, 1.82) is 0 Å². The number of benzene rings is 2. The molecule has 2 aromatic carbocycles. The molecule has 0 fully saturated rings. The van der Waals surface area contributed by atoms with Crippen LogP contribution in [0.2, 0.25) is 0 Å². The first kappa shape index (κ1) is 29.0. The molecule has 1 heterocycles. The van der Waals surface area contributed by atoms with Crippen molar-refractivity contribution in [2.24, 2.45) is 0 Å². The number of aromatic nitrogens is 1. The van der Waals surface area contributed by atoms with Gasteiger partial charge in [-0.25, -0.2) is 10.3 Å². The fourth-order valence-corrected chi connectivity index (χ4v) is 2.93. The summed E-state index contributed by atoms with van der Waals surface area (Å²) in [6, 6.07) is 16.4. The first-order chi connectivity index (χ1) is 17.2. The SMILES string of the molecule is Cc1cc(COc2ccc(C(=O)NC[C@](C)(O)C(=O)NO)cc2)c2ccccc2n1.O=C(O)C(F)(F)F. The number of nitrogens with one attached hydrogen (secondary N) is 2. The molecule has 5 N–H and O–H groups in total. The second-order valence-electron chi connectivity index (χ2n) is 7.95. The number of hydroxylamine groups is 1. The number of aryl methyl sites for hydroxylation is 1. The van der Waals surface area contributed by atoms with Gasteiger partial charge in [-0.2, -0.15) is 13.2 Å². The van der Waals surface area contributed by atoms with E-state index >= 15 is 0 Å². The number of carbonyl (C=O) groups excluding carboxylic acids is 2. The van der Waals surface area contributed by atoms with Gasteiger partial charge in [0.1, 0.15) is 12.4 Å². The molecule has 1 aromatic heterocycles. The minimum atomic E-state index is -5.08. The molecule has 13 heteroatoms. The molecule has 198 valence electrons. The molecule has 10 nitrogen and oxygen atoms in total. The Balaban J connectivity index is 0.000000604. The van der Waals surface area contributed by atoms with Crippen molar-refractivity contribution in [2.45, 2.75) is 32.2 Å². The van der Waals surface area contributed by atoms with Crippen LogP contribution in [0.5, 0.6) is 5.75 Å². The minimum absolute atomic E-state index is 0.341. The maximum Gasteiger partial charge on any atom is 0.490 e. The smallest absolute Gasteiger partial charge is 0.489 e. The molecule has 0 unspecified atom stereocenters. The van der Waals surface area contributed by atoms with Crippen LogP contribution < -0.4 is 15.5 Å². The molecule has 0 radical (unpaired) electrons. The number of pyridine rings is 1. The van der Waals surface area contributed by atoms with E-state index in [1.165, 1.54) is 12.4 Å². The number of aliphatic carboxylic acids is 1. The zero-order chi connectivity index (χ0) is 27.8. The lowest BCUT2D eigenvalue weighted by atomic mass is 10.1. The largest absolute Gasteiger partial charge is 0.490 e. The van der Waals surface area contributed by atoms with Gasteiger partial charge in [-0.15, -0.1) is 0 Å². The van der Waals surface area contributed by atoms with Crippen LogP contribution in [0.4, 0.5) is 13.2 Å². The topological polar surface area (TPSA) is 158 Å². The zero-order valence-electron chi connectivity index (χ0n) is 19.7. The van der Waals surface area contributed by atoms with Gasteiger partial charge in [0.25, 0.3) is 11.8 Å². The zero-order valence-corrected chi connectivity index (χ0v) is 19.7. The molecule has 0 aliphatic heterocycles. The number of halogens is 3. The molecule has 0 saturated carbocycles. The summed E-state index contributed by atoms with van der Waals surface area (Å²) in [6.45, 7) is 3.12. The number of amides is 2. The molecule has 0 aliphatic rings. The van der Waals surface area contributed by atoms with E-state index in [1.54, 1.807) is 24.3 Å². The normalized spacial score (nSPS) is 12.5. The Morgan fingerprint density at radius 1 is 1.05 bits per heavy atom. The van der Waals surface area contributed by atoms with Crippen molar-refractivity contribution in [2.75, 3.05) is 6.54 Å². The molecule has 0 bridgehead atoms. The summed E-state index contributed by atoms with van der Waals surface area (Å²) in [5.74, 6) is -3.64. The molecule has 1 atom stereocenters. The first-order valence-electron chi connectivity index (χ1n) is 10.6. The molecular formula is C24H24F3N3O7. The number of ether oxygens (including phenoxy) is 1. The number of carboxylic acid groups (broad SMARTS) is 1.